The fourth-order valence-electron chi connectivity index (χ4n) is 1.64. The van der Waals surface area contributed by atoms with Crippen LogP contribution in [0, 0.1) is 6.92 Å². The van der Waals surface area contributed by atoms with E-state index in [-0.39, 0.29) is 16.7 Å². The lowest BCUT2D eigenvalue weighted by molar-refractivity contribution is 0.0949. The van der Waals surface area contributed by atoms with E-state index in [9.17, 15) is 9.59 Å². The maximum atomic E-state index is 11.8. The fourth-order valence-corrected chi connectivity index (χ4v) is 1.64. The third-order valence-corrected chi connectivity index (χ3v) is 2.69. The largest absolute Gasteiger partial charge is 0.508 e. The average Bonchev–Trinajstić information content (AvgIpc) is 2.37. The van der Waals surface area contributed by atoms with Gasteiger partial charge in [0.2, 0.25) is 0 Å². The first-order valence-electron chi connectivity index (χ1n) is 5.82. The van der Waals surface area contributed by atoms with E-state index >= 15 is 0 Å². The summed E-state index contributed by atoms with van der Waals surface area (Å²) in [5, 5.41) is 11.8. The Bertz CT molecular complexity index is 644. The van der Waals surface area contributed by atoms with Gasteiger partial charge in [0.15, 0.2) is 5.43 Å². The second kappa shape index (κ2) is 5.39. The minimum absolute atomic E-state index is 0.0874. The number of H-pyrrole nitrogens is 1. The van der Waals surface area contributed by atoms with Crippen LogP contribution in [0.15, 0.2) is 41.3 Å². The molecule has 1 amide bonds. The summed E-state index contributed by atoms with van der Waals surface area (Å²) in [5.74, 6) is -0.251. The number of carbonyl (C=O) groups excluding carboxylic acids is 1. The van der Waals surface area contributed by atoms with Crippen LogP contribution >= 0.6 is 0 Å². The third-order valence-electron chi connectivity index (χ3n) is 2.69. The molecular formula is C14H14N2O3. The number of aromatic hydroxyl groups is 1. The van der Waals surface area contributed by atoms with Gasteiger partial charge >= 0.3 is 0 Å². The predicted octanol–water partition coefficient (Wildman–Crippen LogP) is 1.32. The van der Waals surface area contributed by atoms with Crippen molar-refractivity contribution < 1.29 is 9.90 Å². The van der Waals surface area contributed by atoms with Crippen molar-refractivity contribution in [3.63, 3.8) is 0 Å². The van der Waals surface area contributed by atoms with Gasteiger partial charge in [0.05, 0.1) is 0 Å². The molecule has 1 aromatic carbocycles. The highest BCUT2D eigenvalue weighted by atomic mass is 16.3. The van der Waals surface area contributed by atoms with Crippen molar-refractivity contribution in [1.82, 2.24) is 10.3 Å². The number of amides is 1. The van der Waals surface area contributed by atoms with Gasteiger partial charge in [-0.25, -0.2) is 0 Å². The van der Waals surface area contributed by atoms with Crippen molar-refractivity contribution in [2.24, 2.45) is 0 Å². The number of hydrogen-bond donors (Lipinski definition) is 3. The van der Waals surface area contributed by atoms with Crippen molar-refractivity contribution in [3.8, 4) is 5.75 Å². The number of phenols is 1. The Hall–Kier alpha value is -2.56. The quantitative estimate of drug-likeness (QED) is 0.776. The molecule has 0 saturated heterocycles. The van der Waals surface area contributed by atoms with E-state index in [1.807, 2.05) is 0 Å². The van der Waals surface area contributed by atoms with Gasteiger partial charge in [0.25, 0.3) is 5.91 Å². The number of nitrogens with one attached hydrogen (secondary N) is 2. The van der Waals surface area contributed by atoms with Crippen LogP contribution in [0.2, 0.25) is 0 Å². The molecule has 0 radical (unpaired) electrons. The van der Waals surface area contributed by atoms with Crippen molar-refractivity contribution >= 4 is 5.91 Å². The van der Waals surface area contributed by atoms with E-state index < -0.39 is 5.91 Å². The van der Waals surface area contributed by atoms with E-state index in [2.05, 4.69) is 10.3 Å². The lowest BCUT2D eigenvalue weighted by Crippen LogP contribution is -2.28. The Morgan fingerprint density at radius 3 is 2.63 bits per heavy atom. The topological polar surface area (TPSA) is 82.2 Å². The molecule has 1 aromatic heterocycles. The number of aryl methyl sites for hydroxylation is 1. The zero-order chi connectivity index (χ0) is 13.8. The summed E-state index contributed by atoms with van der Waals surface area (Å²) in [6, 6.07) is 7.87. The highest BCUT2D eigenvalue weighted by Crippen LogP contribution is 2.09. The van der Waals surface area contributed by atoms with E-state index in [0.29, 0.717) is 12.2 Å². The second-order valence-electron chi connectivity index (χ2n) is 4.24. The van der Waals surface area contributed by atoms with E-state index in [0.717, 1.165) is 5.56 Å². The number of aromatic nitrogens is 1. The molecule has 0 aliphatic carbocycles. The van der Waals surface area contributed by atoms with Gasteiger partial charge < -0.3 is 15.4 Å². The monoisotopic (exact) mass is 258 g/mol. The molecule has 0 atom stereocenters. The molecular weight excluding hydrogens is 244 g/mol. The van der Waals surface area contributed by atoms with Gasteiger partial charge in [0, 0.05) is 24.5 Å². The first-order chi connectivity index (χ1) is 9.06. The van der Waals surface area contributed by atoms with Crippen LogP contribution in [-0.4, -0.2) is 16.0 Å². The van der Waals surface area contributed by atoms with Crippen molar-refractivity contribution in [2.45, 2.75) is 13.5 Å². The molecule has 0 fully saturated rings. The Kier molecular flexibility index (Phi) is 3.66. The Morgan fingerprint density at radius 1 is 1.32 bits per heavy atom. The van der Waals surface area contributed by atoms with Gasteiger partial charge in [-0.05, 0) is 24.6 Å². The average molecular weight is 258 g/mol. The lowest BCUT2D eigenvalue weighted by atomic mass is 10.2. The summed E-state index contributed by atoms with van der Waals surface area (Å²) in [7, 11) is 0. The molecule has 19 heavy (non-hydrogen) atoms. The van der Waals surface area contributed by atoms with Crippen LogP contribution in [0.4, 0.5) is 0 Å². The van der Waals surface area contributed by atoms with Gasteiger partial charge in [-0.3, -0.25) is 9.59 Å². The SMILES string of the molecule is Cc1cc(=O)c(C(=O)NCc2ccc(O)cc2)c[nH]1. The molecule has 0 aliphatic heterocycles. The van der Waals surface area contributed by atoms with Crippen LogP contribution < -0.4 is 10.7 Å². The zero-order valence-corrected chi connectivity index (χ0v) is 10.4. The molecule has 2 aromatic rings. The van der Waals surface area contributed by atoms with Crippen LogP contribution in [-0.2, 0) is 6.54 Å². The Morgan fingerprint density at radius 2 is 2.00 bits per heavy atom. The molecule has 5 nitrogen and oxygen atoms in total. The summed E-state index contributed by atoms with van der Waals surface area (Å²) < 4.78 is 0. The van der Waals surface area contributed by atoms with Gasteiger partial charge in [-0.1, -0.05) is 12.1 Å². The highest BCUT2D eigenvalue weighted by molar-refractivity contribution is 5.93. The molecule has 98 valence electrons. The minimum Gasteiger partial charge on any atom is -0.508 e. The number of pyridine rings is 1. The van der Waals surface area contributed by atoms with E-state index in [4.69, 9.17) is 5.11 Å². The lowest BCUT2D eigenvalue weighted by Gasteiger charge is -2.05. The zero-order valence-electron chi connectivity index (χ0n) is 10.4. The Labute approximate surface area is 109 Å². The molecule has 0 spiro atoms. The number of benzene rings is 1. The first kappa shape index (κ1) is 12.9. The van der Waals surface area contributed by atoms with Crippen molar-refractivity contribution in [2.75, 3.05) is 0 Å². The molecule has 5 heteroatoms. The summed E-state index contributed by atoms with van der Waals surface area (Å²) >= 11 is 0. The highest BCUT2D eigenvalue weighted by Gasteiger charge is 2.09. The maximum Gasteiger partial charge on any atom is 0.257 e. The third kappa shape index (κ3) is 3.22. The normalized spacial score (nSPS) is 10.2. The Balaban J connectivity index is 2.05. The molecule has 0 aliphatic rings. The summed E-state index contributed by atoms with van der Waals surface area (Å²) in [6.07, 6.45) is 1.41. The number of hydrogen-bond acceptors (Lipinski definition) is 3. The van der Waals surface area contributed by atoms with Gasteiger partial charge in [0.1, 0.15) is 11.3 Å². The van der Waals surface area contributed by atoms with E-state index in [1.54, 1.807) is 31.2 Å². The molecule has 0 bridgehead atoms. The standard InChI is InChI=1S/C14H14N2O3/c1-9-6-13(18)12(8-15-9)14(19)16-7-10-2-4-11(17)5-3-10/h2-6,8,17H,7H2,1H3,(H,15,18)(H,16,19). The molecule has 0 unspecified atom stereocenters. The molecule has 1 heterocycles. The number of phenolic OH excluding ortho intramolecular Hbond substituents is 1. The van der Waals surface area contributed by atoms with Crippen LogP contribution in [0.5, 0.6) is 5.75 Å². The summed E-state index contributed by atoms with van der Waals surface area (Å²) in [5.41, 5.74) is 1.33. The summed E-state index contributed by atoms with van der Waals surface area (Å²) in [4.78, 5) is 26.3. The second-order valence-corrected chi connectivity index (χ2v) is 4.24. The van der Waals surface area contributed by atoms with Crippen LogP contribution in [0.3, 0.4) is 0 Å². The minimum atomic E-state index is -0.422. The van der Waals surface area contributed by atoms with Crippen LogP contribution in [0.1, 0.15) is 21.6 Å². The maximum absolute atomic E-state index is 11.8. The smallest absolute Gasteiger partial charge is 0.257 e. The molecule has 2 rings (SSSR count). The van der Waals surface area contributed by atoms with Gasteiger partial charge in [-0.15, -0.1) is 0 Å². The number of rotatable bonds is 3. The molecule has 0 saturated carbocycles. The van der Waals surface area contributed by atoms with Gasteiger partial charge in [-0.2, -0.15) is 0 Å². The summed E-state index contributed by atoms with van der Waals surface area (Å²) in [6.45, 7) is 2.05. The van der Waals surface area contributed by atoms with Crippen LogP contribution in [0.25, 0.3) is 0 Å². The predicted molar refractivity (Wildman–Crippen MR) is 71.1 cm³/mol. The first-order valence-corrected chi connectivity index (χ1v) is 5.82. The molecule has 3 N–H and O–H groups in total. The number of aromatic amines is 1. The van der Waals surface area contributed by atoms with Crippen molar-refractivity contribution in [1.29, 1.82) is 0 Å². The number of carbonyl (C=O) groups is 1. The fraction of sp³-hybridized carbons (Fsp3) is 0.143. The van der Waals surface area contributed by atoms with Crippen molar-refractivity contribution in [3.05, 3.63) is 63.6 Å². The van der Waals surface area contributed by atoms with E-state index in [1.165, 1.54) is 12.3 Å².